The first kappa shape index (κ1) is 47.6. The zero-order valence-electron chi connectivity index (χ0n) is 33.0. The van der Waals surface area contributed by atoms with Crippen LogP contribution < -0.4 is 0 Å². The van der Waals surface area contributed by atoms with Crippen LogP contribution in [0.15, 0.2) is 12.2 Å². The average molecular weight is 693 g/mol. The molecule has 5 nitrogen and oxygen atoms in total. The van der Waals surface area contributed by atoms with Crippen molar-refractivity contribution in [2.75, 3.05) is 13.2 Å². The lowest BCUT2D eigenvalue weighted by Gasteiger charge is -2.15. The fourth-order valence-corrected chi connectivity index (χ4v) is 6.49. The summed E-state index contributed by atoms with van der Waals surface area (Å²) in [4.78, 5) is 24.0. The summed E-state index contributed by atoms with van der Waals surface area (Å²) in [7, 11) is 0. The summed E-state index contributed by atoms with van der Waals surface area (Å²) in [6.45, 7) is 4.09. The molecular formula is C44H84O5. The van der Waals surface area contributed by atoms with Gasteiger partial charge in [-0.25, -0.2) is 0 Å². The highest BCUT2D eigenvalue weighted by atomic mass is 16.6. The highest BCUT2D eigenvalue weighted by Crippen LogP contribution is 2.16. The van der Waals surface area contributed by atoms with Crippen LogP contribution >= 0.6 is 0 Å². The standard InChI is InChI=1S/C44H84O5/c1-3-5-7-9-11-12-13-14-15-16-17-18-19-20-21-22-23-24-25-26-27-28-29-30-31-32-33-35-37-39-44(47)49-42(40-45)41-48-43(46)38-36-34-10-8-6-4-2/h16-17,42,45H,3-15,18-41H2,1-2H3/b17-16-. The molecule has 1 N–H and O–H groups in total. The zero-order chi connectivity index (χ0) is 35.7. The van der Waals surface area contributed by atoms with Crippen molar-refractivity contribution in [3.63, 3.8) is 0 Å². The molecule has 0 aliphatic carbocycles. The number of carbonyl (C=O) groups is 2. The van der Waals surface area contributed by atoms with Gasteiger partial charge in [0.05, 0.1) is 6.61 Å². The van der Waals surface area contributed by atoms with Gasteiger partial charge in [0.2, 0.25) is 0 Å². The molecule has 0 fully saturated rings. The van der Waals surface area contributed by atoms with E-state index in [1.54, 1.807) is 0 Å². The lowest BCUT2D eigenvalue weighted by Crippen LogP contribution is -2.28. The largest absolute Gasteiger partial charge is 0.462 e. The highest BCUT2D eigenvalue weighted by molar-refractivity contribution is 5.70. The number of aliphatic hydroxyl groups excluding tert-OH is 1. The molecule has 0 saturated heterocycles. The van der Waals surface area contributed by atoms with Crippen LogP contribution in [0.2, 0.25) is 0 Å². The fourth-order valence-electron chi connectivity index (χ4n) is 6.49. The van der Waals surface area contributed by atoms with Crippen LogP contribution in [0.1, 0.15) is 239 Å². The molecule has 0 aliphatic rings. The number of esters is 2. The number of aliphatic hydroxyl groups is 1. The van der Waals surface area contributed by atoms with Crippen LogP contribution in [-0.4, -0.2) is 36.4 Å². The molecule has 5 heteroatoms. The Morgan fingerprint density at radius 2 is 0.755 bits per heavy atom. The second kappa shape index (κ2) is 41.1. The van der Waals surface area contributed by atoms with Gasteiger partial charge < -0.3 is 14.6 Å². The Morgan fingerprint density at radius 1 is 0.449 bits per heavy atom. The molecule has 0 aromatic heterocycles. The molecule has 0 aliphatic heterocycles. The van der Waals surface area contributed by atoms with Gasteiger partial charge in [0.1, 0.15) is 6.61 Å². The van der Waals surface area contributed by atoms with Gasteiger partial charge in [-0.15, -0.1) is 0 Å². The molecule has 0 bridgehead atoms. The van der Waals surface area contributed by atoms with Crippen LogP contribution in [0.5, 0.6) is 0 Å². The quantitative estimate of drug-likeness (QED) is 0.0393. The van der Waals surface area contributed by atoms with Crippen LogP contribution in [0.4, 0.5) is 0 Å². The number of rotatable bonds is 40. The van der Waals surface area contributed by atoms with Crippen molar-refractivity contribution < 1.29 is 24.2 Å². The summed E-state index contributed by atoms with van der Waals surface area (Å²) in [5, 5.41) is 9.50. The van der Waals surface area contributed by atoms with Gasteiger partial charge in [0, 0.05) is 12.8 Å². The Balaban J connectivity index is 3.36. The summed E-state index contributed by atoms with van der Waals surface area (Å²) < 4.78 is 10.5. The van der Waals surface area contributed by atoms with Crippen molar-refractivity contribution in [3.05, 3.63) is 12.2 Å². The predicted octanol–water partition coefficient (Wildman–Crippen LogP) is 13.7. The van der Waals surface area contributed by atoms with Crippen LogP contribution in [0, 0.1) is 0 Å². The molecule has 0 heterocycles. The van der Waals surface area contributed by atoms with Gasteiger partial charge in [-0.3, -0.25) is 9.59 Å². The van der Waals surface area contributed by atoms with Crippen LogP contribution in [-0.2, 0) is 19.1 Å². The minimum absolute atomic E-state index is 0.0607. The number of carbonyl (C=O) groups excluding carboxylic acids is 2. The number of unbranched alkanes of at least 4 members (excludes halogenated alkanes) is 30. The van der Waals surface area contributed by atoms with Gasteiger partial charge in [-0.1, -0.05) is 199 Å². The molecule has 0 rings (SSSR count). The van der Waals surface area contributed by atoms with Gasteiger partial charge in [-0.2, -0.15) is 0 Å². The molecule has 290 valence electrons. The number of hydrogen-bond donors (Lipinski definition) is 1. The minimum Gasteiger partial charge on any atom is -0.462 e. The van der Waals surface area contributed by atoms with E-state index in [9.17, 15) is 14.7 Å². The predicted molar refractivity (Wildman–Crippen MR) is 210 cm³/mol. The third-order valence-corrected chi connectivity index (χ3v) is 9.81. The first-order valence-corrected chi connectivity index (χ1v) is 21.7. The summed E-state index contributed by atoms with van der Waals surface area (Å²) >= 11 is 0. The minimum atomic E-state index is -0.761. The maximum absolute atomic E-state index is 12.1. The van der Waals surface area contributed by atoms with Gasteiger partial charge in [0.25, 0.3) is 0 Å². The molecule has 0 radical (unpaired) electrons. The van der Waals surface area contributed by atoms with Crippen LogP contribution in [0.3, 0.4) is 0 Å². The van der Waals surface area contributed by atoms with E-state index in [2.05, 4.69) is 26.0 Å². The van der Waals surface area contributed by atoms with Gasteiger partial charge in [0.15, 0.2) is 6.10 Å². The van der Waals surface area contributed by atoms with Crippen molar-refractivity contribution in [2.24, 2.45) is 0 Å². The van der Waals surface area contributed by atoms with Gasteiger partial charge in [-0.05, 0) is 38.5 Å². The number of allylic oxidation sites excluding steroid dienone is 2. The Hall–Kier alpha value is -1.36. The summed E-state index contributed by atoms with van der Waals surface area (Å²) in [5.74, 6) is -0.590. The first-order chi connectivity index (χ1) is 24.1. The molecule has 0 amide bonds. The van der Waals surface area contributed by atoms with Crippen molar-refractivity contribution >= 4 is 11.9 Å². The summed E-state index contributed by atoms with van der Waals surface area (Å²) in [5.41, 5.74) is 0. The monoisotopic (exact) mass is 693 g/mol. The van der Waals surface area contributed by atoms with Gasteiger partial charge >= 0.3 is 11.9 Å². The lowest BCUT2D eigenvalue weighted by atomic mass is 10.0. The smallest absolute Gasteiger partial charge is 0.306 e. The van der Waals surface area contributed by atoms with E-state index >= 15 is 0 Å². The average Bonchev–Trinajstić information content (AvgIpc) is 3.10. The van der Waals surface area contributed by atoms with E-state index in [-0.39, 0.29) is 25.2 Å². The number of hydrogen-bond acceptors (Lipinski definition) is 5. The Bertz CT molecular complexity index is 705. The molecule has 0 aromatic carbocycles. The fraction of sp³-hybridized carbons (Fsp3) is 0.909. The molecule has 1 atom stereocenters. The Labute approximate surface area is 305 Å². The molecule has 0 spiro atoms. The first-order valence-electron chi connectivity index (χ1n) is 21.7. The Kier molecular flexibility index (Phi) is 39.9. The zero-order valence-corrected chi connectivity index (χ0v) is 33.0. The SMILES string of the molecule is CCCCCCCCCC/C=C\CCCCCCCCCCCCCCCCCCCC(=O)OC(CO)COC(=O)CCCCCCCC. The third kappa shape index (κ3) is 39.3. The maximum atomic E-state index is 12.1. The number of ether oxygens (including phenoxy) is 2. The second-order valence-corrected chi connectivity index (χ2v) is 14.8. The Morgan fingerprint density at radius 3 is 1.10 bits per heavy atom. The lowest BCUT2D eigenvalue weighted by molar-refractivity contribution is -0.161. The molecule has 0 aromatic rings. The molecular weight excluding hydrogens is 608 g/mol. The van der Waals surface area contributed by atoms with E-state index in [1.807, 2.05) is 0 Å². The topological polar surface area (TPSA) is 72.8 Å². The van der Waals surface area contributed by atoms with E-state index in [0.29, 0.717) is 12.8 Å². The van der Waals surface area contributed by atoms with E-state index in [0.717, 1.165) is 38.5 Å². The van der Waals surface area contributed by atoms with E-state index < -0.39 is 6.10 Å². The van der Waals surface area contributed by atoms with Crippen molar-refractivity contribution in [2.45, 2.75) is 245 Å². The molecule has 49 heavy (non-hydrogen) atoms. The summed E-state index contributed by atoms with van der Waals surface area (Å²) in [6.07, 6.45) is 47.6. The van der Waals surface area contributed by atoms with Crippen molar-refractivity contribution in [1.29, 1.82) is 0 Å². The van der Waals surface area contributed by atoms with Crippen LogP contribution in [0.25, 0.3) is 0 Å². The molecule has 0 saturated carbocycles. The highest BCUT2D eigenvalue weighted by Gasteiger charge is 2.16. The normalized spacial score (nSPS) is 12.1. The van der Waals surface area contributed by atoms with E-state index in [4.69, 9.17) is 9.47 Å². The summed E-state index contributed by atoms with van der Waals surface area (Å²) in [6, 6.07) is 0. The van der Waals surface area contributed by atoms with E-state index in [1.165, 1.54) is 173 Å². The van der Waals surface area contributed by atoms with Crippen molar-refractivity contribution in [3.8, 4) is 0 Å². The second-order valence-electron chi connectivity index (χ2n) is 14.8. The maximum Gasteiger partial charge on any atom is 0.306 e. The molecule has 1 unspecified atom stereocenters. The van der Waals surface area contributed by atoms with Crippen molar-refractivity contribution in [1.82, 2.24) is 0 Å². The third-order valence-electron chi connectivity index (χ3n) is 9.81.